The van der Waals surface area contributed by atoms with Crippen LogP contribution in [0.5, 0.6) is 0 Å². The van der Waals surface area contributed by atoms with Crippen LogP contribution in [-0.4, -0.2) is 14.6 Å². The maximum atomic E-state index is 4.21. The lowest BCUT2D eigenvalue weighted by molar-refractivity contribution is 0.957. The SMILES string of the molecule is Brc1nn2cc(I)nc2s1. The molecule has 2 aromatic heterocycles. The molecule has 2 aromatic rings. The number of hydrogen-bond acceptors (Lipinski definition) is 3. The van der Waals surface area contributed by atoms with E-state index in [-0.39, 0.29) is 0 Å². The molecule has 3 nitrogen and oxygen atoms in total. The number of fused-ring (bicyclic) bond motifs is 1. The zero-order valence-electron chi connectivity index (χ0n) is 4.58. The summed E-state index contributed by atoms with van der Waals surface area (Å²) in [5.41, 5.74) is 0. The Morgan fingerprint density at radius 3 is 3.20 bits per heavy atom. The molecule has 0 fully saturated rings. The molecule has 0 N–H and O–H groups in total. The zero-order valence-corrected chi connectivity index (χ0v) is 9.14. The molecule has 0 amide bonds. The summed E-state index contributed by atoms with van der Waals surface area (Å²) in [7, 11) is 0. The van der Waals surface area contributed by atoms with E-state index in [0.29, 0.717) is 0 Å². The van der Waals surface area contributed by atoms with Crippen LogP contribution in [0.15, 0.2) is 10.1 Å². The first-order valence-corrected chi connectivity index (χ1v) is 5.12. The van der Waals surface area contributed by atoms with Crippen molar-refractivity contribution in [3.8, 4) is 0 Å². The van der Waals surface area contributed by atoms with Crippen LogP contribution >= 0.6 is 49.9 Å². The zero-order chi connectivity index (χ0) is 7.14. The lowest BCUT2D eigenvalue weighted by atomic mass is 11.0. The summed E-state index contributed by atoms with van der Waals surface area (Å²) in [5.74, 6) is 0. The minimum Gasteiger partial charge on any atom is -0.211 e. The van der Waals surface area contributed by atoms with Crippen LogP contribution in [0.2, 0.25) is 0 Å². The summed E-state index contributed by atoms with van der Waals surface area (Å²) in [4.78, 5) is 5.14. The monoisotopic (exact) mass is 329 g/mol. The van der Waals surface area contributed by atoms with Gasteiger partial charge < -0.3 is 0 Å². The molecule has 10 heavy (non-hydrogen) atoms. The Hall–Kier alpha value is 0.310. The first-order chi connectivity index (χ1) is 4.75. The van der Waals surface area contributed by atoms with Gasteiger partial charge in [0.25, 0.3) is 0 Å². The second kappa shape index (κ2) is 2.42. The average Bonchev–Trinajstić information content (AvgIpc) is 2.21. The molecule has 0 spiro atoms. The largest absolute Gasteiger partial charge is 0.213 e. The lowest BCUT2D eigenvalue weighted by Crippen LogP contribution is -1.77. The van der Waals surface area contributed by atoms with E-state index >= 15 is 0 Å². The van der Waals surface area contributed by atoms with Crippen LogP contribution in [0.3, 0.4) is 0 Å². The number of aromatic nitrogens is 3. The Morgan fingerprint density at radius 1 is 1.70 bits per heavy atom. The maximum absolute atomic E-state index is 4.21. The molecule has 0 saturated carbocycles. The van der Waals surface area contributed by atoms with Gasteiger partial charge in [-0.2, -0.15) is 0 Å². The molecule has 2 heterocycles. The summed E-state index contributed by atoms with van der Waals surface area (Å²) >= 11 is 6.96. The molecule has 0 aliphatic heterocycles. The second-order valence-corrected chi connectivity index (χ2v) is 4.98. The predicted molar refractivity (Wildman–Crippen MR) is 51.3 cm³/mol. The van der Waals surface area contributed by atoms with Crippen LogP contribution in [0.1, 0.15) is 0 Å². The number of halogens is 2. The van der Waals surface area contributed by atoms with Gasteiger partial charge in [0.2, 0.25) is 4.96 Å². The van der Waals surface area contributed by atoms with Gasteiger partial charge in [-0.05, 0) is 38.5 Å². The molecule has 0 aliphatic carbocycles. The summed E-state index contributed by atoms with van der Waals surface area (Å²) in [6.45, 7) is 0. The van der Waals surface area contributed by atoms with E-state index in [1.54, 1.807) is 4.52 Å². The molecule has 0 aromatic carbocycles. The standard InChI is InChI=1S/C4HBrIN3S/c5-3-8-9-1-2(6)7-4(9)10-3/h1H. The summed E-state index contributed by atoms with van der Waals surface area (Å²) in [6, 6.07) is 0. The molecular weight excluding hydrogens is 329 g/mol. The molecule has 0 atom stereocenters. The van der Waals surface area contributed by atoms with Crippen molar-refractivity contribution < 1.29 is 0 Å². The first-order valence-electron chi connectivity index (χ1n) is 2.43. The molecule has 0 saturated heterocycles. The van der Waals surface area contributed by atoms with Crippen LogP contribution in [-0.2, 0) is 0 Å². The summed E-state index contributed by atoms with van der Waals surface area (Å²) in [6.07, 6.45) is 1.89. The van der Waals surface area contributed by atoms with Gasteiger partial charge in [0.15, 0.2) is 3.92 Å². The topological polar surface area (TPSA) is 30.2 Å². The fraction of sp³-hybridized carbons (Fsp3) is 0. The van der Waals surface area contributed by atoms with E-state index in [0.717, 1.165) is 12.6 Å². The van der Waals surface area contributed by atoms with Crippen LogP contribution in [0.25, 0.3) is 4.96 Å². The van der Waals surface area contributed by atoms with E-state index in [1.165, 1.54) is 11.3 Å². The van der Waals surface area contributed by atoms with Crippen molar-refractivity contribution in [2.24, 2.45) is 0 Å². The number of imidazole rings is 1. The van der Waals surface area contributed by atoms with Gasteiger partial charge in [0.05, 0.1) is 6.20 Å². The fourth-order valence-electron chi connectivity index (χ4n) is 0.649. The quantitative estimate of drug-likeness (QED) is 0.693. The number of rotatable bonds is 0. The second-order valence-electron chi connectivity index (χ2n) is 1.65. The smallest absolute Gasteiger partial charge is 0.211 e. The highest BCUT2D eigenvalue weighted by molar-refractivity contribution is 14.1. The molecule has 6 heteroatoms. The van der Waals surface area contributed by atoms with Crippen LogP contribution in [0.4, 0.5) is 0 Å². The minimum atomic E-state index is 0.867. The fourth-order valence-corrected chi connectivity index (χ4v) is 2.52. The summed E-state index contributed by atoms with van der Waals surface area (Å²) in [5, 5.41) is 4.12. The van der Waals surface area contributed by atoms with Crippen molar-refractivity contribution in [1.29, 1.82) is 0 Å². The molecular formula is C4HBrIN3S. The van der Waals surface area contributed by atoms with Crippen molar-refractivity contribution in [3.63, 3.8) is 0 Å². The van der Waals surface area contributed by atoms with E-state index in [2.05, 4.69) is 48.6 Å². The van der Waals surface area contributed by atoms with E-state index < -0.39 is 0 Å². The number of nitrogens with zero attached hydrogens (tertiary/aromatic N) is 3. The third-order valence-corrected chi connectivity index (χ3v) is 2.86. The molecule has 0 bridgehead atoms. The molecule has 0 aliphatic rings. The van der Waals surface area contributed by atoms with Crippen LogP contribution < -0.4 is 0 Å². The molecule has 2 rings (SSSR count). The highest BCUT2D eigenvalue weighted by Crippen LogP contribution is 2.19. The van der Waals surface area contributed by atoms with Gasteiger partial charge in [-0.15, -0.1) is 5.10 Å². The number of hydrogen-bond donors (Lipinski definition) is 0. The summed E-state index contributed by atoms with van der Waals surface area (Å²) < 4.78 is 3.60. The van der Waals surface area contributed by atoms with Gasteiger partial charge >= 0.3 is 0 Å². The molecule has 52 valence electrons. The van der Waals surface area contributed by atoms with Gasteiger partial charge in [0.1, 0.15) is 3.70 Å². The predicted octanol–water partition coefficient (Wildman–Crippen LogP) is 2.16. The maximum Gasteiger partial charge on any atom is 0.213 e. The van der Waals surface area contributed by atoms with Crippen LogP contribution in [0, 0.1) is 3.70 Å². The van der Waals surface area contributed by atoms with Crippen molar-refractivity contribution >= 4 is 54.8 Å². The Morgan fingerprint density at radius 2 is 2.50 bits per heavy atom. The van der Waals surface area contributed by atoms with Gasteiger partial charge in [-0.25, -0.2) is 9.50 Å². The van der Waals surface area contributed by atoms with Crippen molar-refractivity contribution in [1.82, 2.24) is 14.6 Å². The van der Waals surface area contributed by atoms with Gasteiger partial charge in [0, 0.05) is 0 Å². The first kappa shape index (κ1) is 6.99. The highest BCUT2D eigenvalue weighted by Gasteiger charge is 2.02. The van der Waals surface area contributed by atoms with E-state index in [1.807, 2.05) is 6.20 Å². The molecule has 0 unspecified atom stereocenters. The average molecular weight is 330 g/mol. The van der Waals surface area contributed by atoms with E-state index in [9.17, 15) is 0 Å². The molecule has 0 radical (unpaired) electrons. The lowest BCUT2D eigenvalue weighted by Gasteiger charge is -1.72. The third-order valence-electron chi connectivity index (χ3n) is 0.989. The Kier molecular flexibility index (Phi) is 1.69. The van der Waals surface area contributed by atoms with Crippen molar-refractivity contribution in [3.05, 3.63) is 13.8 Å². The third kappa shape index (κ3) is 1.08. The Balaban J connectivity index is 2.83. The normalized spacial score (nSPS) is 11.0. The van der Waals surface area contributed by atoms with E-state index in [4.69, 9.17) is 0 Å². The Labute approximate surface area is 82.7 Å². The van der Waals surface area contributed by atoms with Crippen molar-refractivity contribution in [2.45, 2.75) is 0 Å². The van der Waals surface area contributed by atoms with Crippen molar-refractivity contribution in [2.75, 3.05) is 0 Å². The van der Waals surface area contributed by atoms with Gasteiger partial charge in [-0.1, -0.05) is 11.3 Å². The highest BCUT2D eigenvalue weighted by atomic mass is 127. The van der Waals surface area contributed by atoms with Gasteiger partial charge in [-0.3, -0.25) is 0 Å². The minimum absolute atomic E-state index is 0.867. The Bertz CT molecular complexity index is 304.